The van der Waals surface area contributed by atoms with Gasteiger partial charge in [0.1, 0.15) is 0 Å². The summed E-state index contributed by atoms with van der Waals surface area (Å²) in [6, 6.07) is 5.40. The Balaban J connectivity index is 1.96. The Hall–Kier alpha value is -1.59. The summed E-state index contributed by atoms with van der Waals surface area (Å²) in [5.74, 6) is 0. The minimum atomic E-state index is -0.333. The van der Waals surface area contributed by atoms with Crippen molar-refractivity contribution in [3.63, 3.8) is 0 Å². The monoisotopic (exact) mass is 281 g/mol. The first-order valence-electron chi connectivity index (χ1n) is 6.09. The molecule has 0 spiro atoms. The van der Waals surface area contributed by atoms with Crippen molar-refractivity contribution in [1.29, 1.82) is 0 Å². The quantitative estimate of drug-likeness (QED) is 0.654. The molecule has 0 unspecified atom stereocenters. The molecule has 1 aromatic carbocycles. The van der Waals surface area contributed by atoms with Crippen LogP contribution in [0.3, 0.4) is 0 Å². The molecular weight excluding hydrogens is 266 g/mol. The van der Waals surface area contributed by atoms with Crippen molar-refractivity contribution in [2.24, 2.45) is 5.10 Å². The minimum absolute atomic E-state index is 0.333. The number of amides is 2. The Bertz CT molecular complexity index is 503. The molecule has 0 radical (unpaired) electrons. The topological polar surface area (TPSA) is 62.7 Å². The molecule has 2 rings (SSSR count). The van der Waals surface area contributed by atoms with Crippen LogP contribution in [0.5, 0.6) is 0 Å². The highest BCUT2D eigenvalue weighted by Gasteiger charge is 2.19. The maximum Gasteiger partial charge on any atom is 0.335 e. The summed E-state index contributed by atoms with van der Waals surface area (Å²) in [5.41, 5.74) is 5.46. The van der Waals surface area contributed by atoms with Crippen LogP contribution in [0.1, 0.15) is 17.5 Å². The van der Waals surface area contributed by atoms with Crippen molar-refractivity contribution in [3.05, 3.63) is 34.3 Å². The molecule has 102 valence electrons. The Morgan fingerprint density at radius 3 is 3.11 bits per heavy atom. The Morgan fingerprint density at radius 2 is 2.32 bits per heavy atom. The SMILES string of the molecule is COCCNC(=O)NN=C1CCc2c(Cl)cccc21. The van der Waals surface area contributed by atoms with Gasteiger partial charge in [0.05, 0.1) is 12.3 Å². The van der Waals surface area contributed by atoms with Crippen LogP contribution in [0.4, 0.5) is 4.79 Å². The zero-order valence-corrected chi connectivity index (χ0v) is 11.5. The number of hydrogen-bond donors (Lipinski definition) is 2. The smallest absolute Gasteiger partial charge is 0.335 e. The molecule has 0 bridgehead atoms. The van der Waals surface area contributed by atoms with E-state index in [9.17, 15) is 4.79 Å². The third-order valence-corrected chi connectivity index (χ3v) is 3.28. The Labute approximate surface area is 117 Å². The summed E-state index contributed by atoms with van der Waals surface area (Å²) < 4.78 is 4.84. The van der Waals surface area contributed by atoms with Crippen LogP contribution >= 0.6 is 11.6 Å². The molecule has 0 saturated carbocycles. The van der Waals surface area contributed by atoms with Crippen LogP contribution in [0, 0.1) is 0 Å². The largest absolute Gasteiger partial charge is 0.383 e. The van der Waals surface area contributed by atoms with Gasteiger partial charge < -0.3 is 10.1 Å². The number of carbonyl (C=O) groups excluding carboxylic acids is 1. The van der Waals surface area contributed by atoms with Crippen LogP contribution in [-0.2, 0) is 11.2 Å². The first-order valence-corrected chi connectivity index (χ1v) is 6.47. The van der Waals surface area contributed by atoms with Crippen LogP contribution in [0.25, 0.3) is 0 Å². The molecule has 0 atom stereocenters. The van der Waals surface area contributed by atoms with Crippen molar-refractivity contribution in [1.82, 2.24) is 10.7 Å². The third-order valence-electron chi connectivity index (χ3n) is 2.93. The number of benzene rings is 1. The number of hydrazone groups is 1. The molecule has 0 heterocycles. The lowest BCUT2D eigenvalue weighted by Gasteiger charge is -2.05. The van der Waals surface area contributed by atoms with E-state index in [1.165, 1.54) is 0 Å². The van der Waals surface area contributed by atoms with Crippen molar-refractivity contribution < 1.29 is 9.53 Å². The molecule has 19 heavy (non-hydrogen) atoms. The minimum Gasteiger partial charge on any atom is -0.383 e. The van der Waals surface area contributed by atoms with E-state index in [-0.39, 0.29) is 6.03 Å². The van der Waals surface area contributed by atoms with E-state index in [1.807, 2.05) is 18.2 Å². The van der Waals surface area contributed by atoms with Crippen LogP contribution < -0.4 is 10.7 Å². The van der Waals surface area contributed by atoms with E-state index in [0.29, 0.717) is 13.2 Å². The van der Waals surface area contributed by atoms with Gasteiger partial charge in [0.15, 0.2) is 0 Å². The van der Waals surface area contributed by atoms with Gasteiger partial charge in [0.2, 0.25) is 0 Å². The summed E-state index contributed by atoms with van der Waals surface area (Å²) >= 11 is 6.11. The number of ether oxygens (including phenoxy) is 1. The van der Waals surface area contributed by atoms with Gasteiger partial charge in [-0.05, 0) is 24.5 Å². The molecule has 1 aromatic rings. The average molecular weight is 282 g/mol. The predicted octanol–water partition coefficient (Wildman–Crippen LogP) is 1.94. The van der Waals surface area contributed by atoms with Crippen molar-refractivity contribution in [3.8, 4) is 0 Å². The van der Waals surface area contributed by atoms with Crippen LogP contribution in [0.2, 0.25) is 5.02 Å². The van der Waals surface area contributed by atoms with Gasteiger partial charge in [-0.2, -0.15) is 5.10 Å². The van der Waals surface area contributed by atoms with Crippen molar-refractivity contribution >= 4 is 23.3 Å². The Morgan fingerprint density at radius 1 is 1.47 bits per heavy atom. The van der Waals surface area contributed by atoms with Crippen molar-refractivity contribution in [2.45, 2.75) is 12.8 Å². The molecule has 0 aromatic heterocycles. The molecule has 2 N–H and O–H groups in total. The number of carbonyl (C=O) groups is 1. The van der Waals surface area contributed by atoms with Gasteiger partial charge >= 0.3 is 6.03 Å². The van der Waals surface area contributed by atoms with E-state index < -0.39 is 0 Å². The number of nitrogens with one attached hydrogen (secondary N) is 2. The number of hydrogen-bond acceptors (Lipinski definition) is 3. The third kappa shape index (κ3) is 3.45. The fourth-order valence-electron chi connectivity index (χ4n) is 2.00. The van der Waals surface area contributed by atoms with E-state index in [0.717, 1.165) is 34.7 Å². The summed E-state index contributed by atoms with van der Waals surface area (Å²) in [7, 11) is 1.58. The van der Waals surface area contributed by atoms with E-state index in [2.05, 4.69) is 15.8 Å². The first-order chi connectivity index (χ1) is 9.22. The highest BCUT2D eigenvalue weighted by atomic mass is 35.5. The zero-order valence-electron chi connectivity index (χ0n) is 10.7. The fourth-order valence-corrected chi connectivity index (χ4v) is 2.27. The number of fused-ring (bicyclic) bond motifs is 1. The molecule has 6 heteroatoms. The standard InChI is InChI=1S/C13H16ClN3O2/c1-19-8-7-15-13(18)17-16-12-6-5-9-10(12)3-2-4-11(9)14/h2-4H,5-8H2,1H3,(H2,15,17,18). The highest BCUT2D eigenvalue weighted by molar-refractivity contribution is 6.32. The second-order valence-corrected chi connectivity index (χ2v) is 4.59. The normalized spacial score (nSPS) is 15.4. The fraction of sp³-hybridized carbons (Fsp3) is 0.385. The number of halogens is 1. The van der Waals surface area contributed by atoms with Gasteiger partial charge in [0.25, 0.3) is 0 Å². The van der Waals surface area contributed by atoms with Gasteiger partial charge in [-0.15, -0.1) is 0 Å². The van der Waals surface area contributed by atoms with Gasteiger partial charge in [-0.25, -0.2) is 10.2 Å². The maximum absolute atomic E-state index is 11.4. The van der Waals surface area contributed by atoms with E-state index in [4.69, 9.17) is 16.3 Å². The maximum atomic E-state index is 11.4. The molecule has 5 nitrogen and oxygen atoms in total. The number of nitrogens with zero attached hydrogens (tertiary/aromatic N) is 1. The average Bonchev–Trinajstić information content (AvgIpc) is 2.81. The summed E-state index contributed by atoms with van der Waals surface area (Å²) in [6.45, 7) is 0.929. The number of methoxy groups -OCH3 is 1. The van der Waals surface area contributed by atoms with Crippen LogP contribution in [0.15, 0.2) is 23.3 Å². The lowest BCUT2D eigenvalue weighted by Crippen LogP contribution is -2.34. The molecular formula is C13H16ClN3O2. The highest BCUT2D eigenvalue weighted by Crippen LogP contribution is 2.28. The summed E-state index contributed by atoms with van der Waals surface area (Å²) in [5, 5.41) is 7.53. The lowest BCUT2D eigenvalue weighted by atomic mass is 10.1. The van der Waals surface area contributed by atoms with E-state index >= 15 is 0 Å². The molecule has 1 aliphatic rings. The number of rotatable bonds is 4. The molecule has 0 fully saturated rings. The van der Waals surface area contributed by atoms with Gasteiger partial charge in [-0.1, -0.05) is 23.7 Å². The summed E-state index contributed by atoms with van der Waals surface area (Å²) in [4.78, 5) is 11.4. The zero-order chi connectivity index (χ0) is 13.7. The van der Waals surface area contributed by atoms with Crippen molar-refractivity contribution in [2.75, 3.05) is 20.3 Å². The first kappa shape index (κ1) is 13.8. The van der Waals surface area contributed by atoms with Gasteiger partial charge in [0, 0.05) is 24.2 Å². The van der Waals surface area contributed by atoms with Crippen LogP contribution in [-0.4, -0.2) is 32.0 Å². The van der Waals surface area contributed by atoms with E-state index in [1.54, 1.807) is 7.11 Å². The summed E-state index contributed by atoms with van der Waals surface area (Å²) in [6.07, 6.45) is 1.65. The molecule has 2 amide bonds. The lowest BCUT2D eigenvalue weighted by molar-refractivity contribution is 0.196. The molecule has 0 aliphatic heterocycles. The number of urea groups is 1. The Kier molecular flexibility index (Phi) is 4.76. The van der Waals surface area contributed by atoms with Gasteiger partial charge in [-0.3, -0.25) is 0 Å². The second-order valence-electron chi connectivity index (χ2n) is 4.18. The predicted molar refractivity (Wildman–Crippen MR) is 74.7 cm³/mol. The molecule has 1 aliphatic carbocycles. The second kappa shape index (κ2) is 6.54. The molecule has 0 saturated heterocycles.